The highest BCUT2D eigenvalue weighted by Crippen LogP contribution is 2.30. The standard InChI is InChI=1S/C30H40O7/c1-5-6-13-18-34-28-27(37-29(32)30(2,3)4)26(35-20-23-16-11-8-12-17-23)25(31)24(36-28)21-33-19-22-14-9-7-10-15-22/h5,7-12,14-17,24-28,31H,1,6,13,18-21H2,2-4H3. The van der Waals surface area contributed by atoms with Gasteiger partial charge in [-0.25, -0.2) is 0 Å². The van der Waals surface area contributed by atoms with Crippen molar-refractivity contribution in [2.45, 2.75) is 77.5 Å². The highest BCUT2D eigenvalue weighted by Gasteiger charge is 2.49. The Morgan fingerprint density at radius 2 is 1.59 bits per heavy atom. The van der Waals surface area contributed by atoms with Gasteiger partial charge in [-0.1, -0.05) is 66.7 Å². The molecule has 0 saturated carbocycles. The number of carbonyl (C=O) groups excluding carboxylic acids is 1. The maximum Gasteiger partial charge on any atom is 0.311 e. The molecule has 0 amide bonds. The summed E-state index contributed by atoms with van der Waals surface area (Å²) in [5, 5.41) is 11.3. The minimum absolute atomic E-state index is 0.119. The van der Waals surface area contributed by atoms with Crippen molar-refractivity contribution < 1.29 is 33.6 Å². The van der Waals surface area contributed by atoms with Crippen molar-refractivity contribution in [1.82, 2.24) is 0 Å². The van der Waals surface area contributed by atoms with Crippen LogP contribution in [-0.4, -0.2) is 55.0 Å². The highest BCUT2D eigenvalue weighted by molar-refractivity contribution is 5.75. The number of rotatable bonds is 13. The molecule has 0 aromatic heterocycles. The monoisotopic (exact) mass is 512 g/mol. The molecule has 0 bridgehead atoms. The fourth-order valence-corrected chi connectivity index (χ4v) is 3.84. The van der Waals surface area contributed by atoms with Crippen LogP contribution in [0.5, 0.6) is 0 Å². The normalized spacial score (nSPS) is 23.9. The average Bonchev–Trinajstić information content (AvgIpc) is 2.89. The number of benzene rings is 2. The summed E-state index contributed by atoms with van der Waals surface area (Å²) in [7, 11) is 0. The number of hydrogen-bond acceptors (Lipinski definition) is 7. The van der Waals surface area contributed by atoms with E-state index >= 15 is 0 Å². The zero-order valence-corrected chi connectivity index (χ0v) is 22.1. The molecule has 5 atom stereocenters. The Balaban J connectivity index is 1.78. The first kappa shape index (κ1) is 29.0. The molecule has 1 fully saturated rings. The molecule has 1 N–H and O–H groups in total. The second-order valence-electron chi connectivity index (χ2n) is 10.2. The van der Waals surface area contributed by atoms with Crippen molar-refractivity contribution in [3.05, 3.63) is 84.4 Å². The van der Waals surface area contributed by atoms with Crippen molar-refractivity contribution in [3.8, 4) is 0 Å². The lowest BCUT2D eigenvalue weighted by atomic mass is 9.95. The first-order valence-corrected chi connectivity index (χ1v) is 12.8. The molecule has 0 aliphatic carbocycles. The average molecular weight is 513 g/mol. The number of ether oxygens (including phenoxy) is 5. The molecule has 7 heteroatoms. The van der Waals surface area contributed by atoms with Crippen LogP contribution in [0.15, 0.2) is 73.3 Å². The summed E-state index contributed by atoms with van der Waals surface area (Å²) in [5.41, 5.74) is 1.19. The molecule has 3 rings (SSSR count). The smallest absolute Gasteiger partial charge is 0.311 e. The lowest BCUT2D eigenvalue weighted by Crippen LogP contribution is -2.61. The maximum absolute atomic E-state index is 12.9. The molecule has 37 heavy (non-hydrogen) atoms. The molecule has 7 nitrogen and oxygen atoms in total. The van der Waals surface area contributed by atoms with Gasteiger partial charge in [0, 0.05) is 0 Å². The molecule has 1 aliphatic rings. The van der Waals surface area contributed by atoms with E-state index in [-0.39, 0.29) is 13.2 Å². The number of esters is 1. The van der Waals surface area contributed by atoms with E-state index in [0.29, 0.717) is 13.2 Å². The Morgan fingerprint density at radius 3 is 2.19 bits per heavy atom. The third-order valence-electron chi connectivity index (χ3n) is 5.99. The van der Waals surface area contributed by atoms with Gasteiger partial charge in [-0.3, -0.25) is 4.79 Å². The predicted molar refractivity (Wildman–Crippen MR) is 141 cm³/mol. The zero-order chi connectivity index (χ0) is 26.7. The third kappa shape index (κ3) is 9.05. The van der Waals surface area contributed by atoms with Crippen LogP contribution in [0.4, 0.5) is 0 Å². The van der Waals surface area contributed by atoms with Gasteiger partial charge in [0.15, 0.2) is 12.4 Å². The van der Waals surface area contributed by atoms with E-state index in [1.54, 1.807) is 20.8 Å². The summed E-state index contributed by atoms with van der Waals surface area (Å²) in [6.45, 7) is 10.2. The van der Waals surface area contributed by atoms with E-state index in [4.69, 9.17) is 23.7 Å². The molecule has 0 spiro atoms. The number of aliphatic hydroxyl groups is 1. The highest BCUT2D eigenvalue weighted by atomic mass is 16.7. The zero-order valence-electron chi connectivity index (χ0n) is 22.1. The summed E-state index contributed by atoms with van der Waals surface area (Å²) in [6.07, 6.45) is -1.28. The van der Waals surface area contributed by atoms with Crippen molar-refractivity contribution in [1.29, 1.82) is 0 Å². The summed E-state index contributed by atoms with van der Waals surface area (Å²) in [4.78, 5) is 12.9. The van der Waals surface area contributed by atoms with Crippen LogP contribution < -0.4 is 0 Å². The van der Waals surface area contributed by atoms with Crippen LogP contribution in [0.25, 0.3) is 0 Å². The third-order valence-corrected chi connectivity index (χ3v) is 5.99. The van der Waals surface area contributed by atoms with Crippen molar-refractivity contribution >= 4 is 5.97 Å². The summed E-state index contributed by atoms with van der Waals surface area (Å²) < 4.78 is 30.2. The van der Waals surface area contributed by atoms with Crippen LogP contribution in [0.2, 0.25) is 0 Å². The number of hydrogen-bond donors (Lipinski definition) is 1. The van der Waals surface area contributed by atoms with Gasteiger partial charge >= 0.3 is 5.97 Å². The number of aliphatic hydroxyl groups excluding tert-OH is 1. The molecule has 1 heterocycles. The molecular weight excluding hydrogens is 472 g/mol. The Kier molecular flexibility index (Phi) is 11.3. The van der Waals surface area contributed by atoms with Gasteiger partial charge in [0.1, 0.15) is 18.3 Å². The van der Waals surface area contributed by atoms with Crippen LogP contribution in [0.1, 0.15) is 44.7 Å². The van der Waals surface area contributed by atoms with Crippen LogP contribution >= 0.6 is 0 Å². The number of unbranched alkanes of at least 4 members (excludes halogenated alkanes) is 1. The second-order valence-corrected chi connectivity index (χ2v) is 10.2. The lowest BCUT2D eigenvalue weighted by molar-refractivity contribution is -0.315. The van der Waals surface area contributed by atoms with Crippen LogP contribution in [-0.2, 0) is 41.7 Å². The van der Waals surface area contributed by atoms with Gasteiger partial charge in [-0.2, -0.15) is 0 Å². The van der Waals surface area contributed by atoms with E-state index in [1.165, 1.54) is 0 Å². The summed E-state index contributed by atoms with van der Waals surface area (Å²) >= 11 is 0. The quantitative estimate of drug-likeness (QED) is 0.234. The topological polar surface area (TPSA) is 83.5 Å². The van der Waals surface area contributed by atoms with Gasteiger partial charge in [0.25, 0.3) is 0 Å². The Hall–Kier alpha value is -2.55. The lowest BCUT2D eigenvalue weighted by Gasteiger charge is -2.44. The maximum atomic E-state index is 12.9. The molecule has 5 unspecified atom stereocenters. The minimum Gasteiger partial charge on any atom is -0.454 e. The molecule has 202 valence electrons. The fraction of sp³-hybridized carbons (Fsp3) is 0.500. The van der Waals surface area contributed by atoms with E-state index in [2.05, 4.69) is 6.58 Å². The summed E-state index contributed by atoms with van der Waals surface area (Å²) in [6, 6.07) is 19.4. The molecule has 2 aromatic carbocycles. The molecule has 2 aromatic rings. The van der Waals surface area contributed by atoms with Gasteiger partial charge in [0.05, 0.1) is 31.8 Å². The van der Waals surface area contributed by atoms with Crippen molar-refractivity contribution in [2.75, 3.05) is 13.2 Å². The van der Waals surface area contributed by atoms with Gasteiger partial charge < -0.3 is 28.8 Å². The van der Waals surface area contributed by atoms with Crippen LogP contribution in [0.3, 0.4) is 0 Å². The second kappa shape index (κ2) is 14.4. The van der Waals surface area contributed by atoms with Crippen LogP contribution in [0, 0.1) is 5.41 Å². The van der Waals surface area contributed by atoms with Crippen molar-refractivity contribution in [3.63, 3.8) is 0 Å². The van der Waals surface area contributed by atoms with E-state index in [0.717, 1.165) is 24.0 Å². The van der Waals surface area contributed by atoms with Gasteiger partial charge in [-0.05, 0) is 44.7 Å². The summed E-state index contributed by atoms with van der Waals surface area (Å²) in [5.74, 6) is -0.430. The van der Waals surface area contributed by atoms with E-state index in [1.807, 2.05) is 66.7 Å². The Morgan fingerprint density at radius 1 is 0.973 bits per heavy atom. The minimum atomic E-state index is -1.11. The van der Waals surface area contributed by atoms with Gasteiger partial charge in [0.2, 0.25) is 0 Å². The number of carbonyl (C=O) groups is 1. The Bertz CT molecular complexity index is 941. The first-order valence-electron chi connectivity index (χ1n) is 12.8. The van der Waals surface area contributed by atoms with Gasteiger partial charge in [-0.15, -0.1) is 6.58 Å². The molecule has 1 aliphatic heterocycles. The number of allylic oxidation sites excluding steroid dienone is 1. The molecular formula is C30H40O7. The first-order chi connectivity index (χ1) is 17.8. The largest absolute Gasteiger partial charge is 0.454 e. The predicted octanol–water partition coefficient (Wildman–Crippen LogP) is 4.82. The fourth-order valence-electron chi connectivity index (χ4n) is 3.84. The Labute approximate surface area is 220 Å². The SMILES string of the molecule is C=CCCCOC1OC(COCc2ccccc2)C(O)C(OCc2ccccc2)C1OC(=O)C(C)(C)C. The van der Waals surface area contributed by atoms with Crippen molar-refractivity contribution in [2.24, 2.45) is 5.41 Å². The molecule has 0 radical (unpaired) electrons. The van der Waals surface area contributed by atoms with E-state index < -0.39 is 42.1 Å². The van der Waals surface area contributed by atoms with E-state index in [9.17, 15) is 9.90 Å². The molecule has 1 saturated heterocycles.